The largest absolute Gasteiger partial charge is 0.424 e. The van der Waals surface area contributed by atoms with E-state index in [-0.39, 0.29) is 11.9 Å². The van der Waals surface area contributed by atoms with E-state index in [4.69, 9.17) is 4.74 Å². The van der Waals surface area contributed by atoms with Gasteiger partial charge in [0, 0.05) is 44.1 Å². The Labute approximate surface area is 237 Å². The van der Waals surface area contributed by atoms with Gasteiger partial charge in [0.05, 0.1) is 17.2 Å². The normalized spacial score (nSPS) is 14.7. The van der Waals surface area contributed by atoms with Crippen molar-refractivity contribution in [1.29, 1.82) is 0 Å². The molecule has 0 unspecified atom stereocenters. The van der Waals surface area contributed by atoms with Crippen molar-refractivity contribution < 1.29 is 35.9 Å². The number of amides is 1. The Balaban J connectivity index is 1.31. The van der Waals surface area contributed by atoms with Gasteiger partial charge in [-0.25, -0.2) is 9.97 Å². The number of benzene rings is 3. The molecule has 218 valence electrons. The van der Waals surface area contributed by atoms with Crippen LogP contribution in [0.1, 0.15) is 38.7 Å². The van der Waals surface area contributed by atoms with Crippen LogP contribution in [-0.4, -0.2) is 51.9 Å². The number of rotatable bonds is 6. The third-order valence-electron chi connectivity index (χ3n) is 6.93. The smallest absolute Gasteiger partial charge is 0.416 e. The number of carbonyl (C=O) groups excluding carboxylic acids is 1. The Morgan fingerprint density at radius 2 is 1.17 bits per heavy atom. The molecule has 0 spiro atoms. The van der Waals surface area contributed by atoms with Gasteiger partial charge in [0.15, 0.2) is 0 Å². The fourth-order valence-electron chi connectivity index (χ4n) is 4.80. The summed E-state index contributed by atoms with van der Waals surface area (Å²) >= 11 is 0. The molecule has 0 aliphatic carbocycles. The Kier molecular flexibility index (Phi) is 8.17. The van der Waals surface area contributed by atoms with Crippen LogP contribution < -0.4 is 4.74 Å². The SMILES string of the molecule is O=C(c1ccc(Oc2ncccn2)cc1)N1CCN(C(c2ccc(C(F)(F)F)cc2)c2ccc(C(F)(F)F)cc2)CC1. The molecule has 1 fully saturated rings. The first-order valence-corrected chi connectivity index (χ1v) is 12.9. The van der Waals surface area contributed by atoms with Crippen LogP contribution in [0.15, 0.2) is 91.3 Å². The molecule has 5 rings (SSSR count). The van der Waals surface area contributed by atoms with Crippen molar-refractivity contribution in [2.75, 3.05) is 26.2 Å². The number of carbonyl (C=O) groups is 1. The van der Waals surface area contributed by atoms with Crippen LogP contribution in [0, 0.1) is 0 Å². The molecule has 6 nitrogen and oxygen atoms in total. The highest BCUT2D eigenvalue weighted by Gasteiger charge is 2.34. The molecular formula is C30H24F6N4O2. The molecular weight excluding hydrogens is 562 g/mol. The Morgan fingerprint density at radius 3 is 1.62 bits per heavy atom. The summed E-state index contributed by atoms with van der Waals surface area (Å²) in [7, 11) is 0. The van der Waals surface area contributed by atoms with Gasteiger partial charge in [-0.2, -0.15) is 26.3 Å². The number of hydrogen-bond donors (Lipinski definition) is 0. The van der Waals surface area contributed by atoms with Gasteiger partial charge in [0.2, 0.25) is 0 Å². The van der Waals surface area contributed by atoms with E-state index >= 15 is 0 Å². The van der Waals surface area contributed by atoms with Gasteiger partial charge >= 0.3 is 18.4 Å². The van der Waals surface area contributed by atoms with Gasteiger partial charge in [-0.3, -0.25) is 9.69 Å². The molecule has 12 heteroatoms. The first kappa shape index (κ1) is 29.1. The van der Waals surface area contributed by atoms with Crippen LogP contribution in [0.5, 0.6) is 11.8 Å². The molecule has 2 heterocycles. The molecule has 0 radical (unpaired) electrons. The zero-order valence-corrected chi connectivity index (χ0v) is 21.9. The highest BCUT2D eigenvalue weighted by atomic mass is 19.4. The molecule has 0 atom stereocenters. The van der Waals surface area contributed by atoms with E-state index < -0.39 is 29.5 Å². The molecule has 1 aromatic heterocycles. The Hall–Kier alpha value is -4.45. The highest BCUT2D eigenvalue weighted by Crippen LogP contribution is 2.36. The Morgan fingerprint density at radius 1 is 0.690 bits per heavy atom. The minimum absolute atomic E-state index is 0.170. The summed E-state index contributed by atoms with van der Waals surface area (Å²) < 4.78 is 84.6. The standard InChI is InChI=1S/C30H24F6N4O2/c31-29(32,33)23-8-2-20(3-9-23)26(21-4-10-24(11-5-21)30(34,35)36)39-16-18-40(19-17-39)27(41)22-6-12-25(13-7-22)42-28-37-14-1-15-38-28/h1-15,26H,16-19H2. The fraction of sp³-hybridized carbons (Fsp3) is 0.233. The van der Waals surface area contributed by atoms with Crippen LogP contribution >= 0.6 is 0 Å². The van der Waals surface area contributed by atoms with E-state index in [0.717, 1.165) is 24.3 Å². The number of nitrogens with zero attached hydrogens (tertiary/aromatic N) is 4. The van der Waals surface area contributed by atoms with Crippen molar-refractivity contribution in [2.24, 2.45) is 0 Å². The number of alkyl halides is 6. The van der Waals surface area contributed by atoms with E-state index in [0.29, 0.717) is 48.6 Å². The van der Waals surface area contributed by atoms with E-state index in [1.165, 1.54) is 24.3 Å². The Bertz CT molecular complexity index is 1430. The second kappa shape index (κ2) is 11.8. The average molecular weight is 587 g/mol. The second-order valence-electron chi connectivity index (χ2n) is 9.63. The third-order valence-corrected chi connectivity index (χ3v) is 6.93. The number of ether oxygens (including phenoxy) is 1. The summed E-state index contributed by atoms with van der Waals surface area (Å²) in [6, 6.07) is 16.9. The number of aromatic nitrogens is 2. The molecule has 3 aromatic carbocycles. The van der Waals surface area contributed by atoms with Crippen molar-refractivity contribution in [2.45, 2.75) is 18.4 Å². The van der Waals surface area contributed by atoms with Crippen LogP contribution in [-0.2, 0) is 12.4 Å². The lowest BCUT2D eigenvalue weighted by Crippen LogP contribution is -2.49. The van der Waals surface area contributed by atoms with Crippen molar-refractivity contribution in [1.82, 2.24) is 19.8 Å². The third kappa shape index (κ3) is 6.71. The molecule has 42 heavy (non-hydrogen) atoms. The molecule has 0 saturated carbocycles. The summed E-state index contributed by atoms with van der Waals surface area (Å²) in [6.07, 6.45) is -5.96. The summed E-state index contributed by atoms with van der Waals surface area (Å²) in [5.74, 6) is 0.247. The number of halogens is 6. The van der Waals surface area contributed by atoms with Crippen LogP contribution in [0.2, 0.25) is 0 Å². The van der Waals surface area contributed by atoms with Gasteiger partial charge in [0.1, 0.15) is 5.75 Å². The molecule has 1 amide bonds. The molecule has 4 aromatic rings. The predicted molar refractivity (Wildman–Crippen MR) is 141 cm³/mol. The van der Waals surface area contributed by atoms with E-state index in [1.54, 1.807) is 47.6 Å². The lowest BCUT2D eigenvalue weighted by Gasteiger charge is -2.40. The maximum atomic E-state index is 13.2. The fourth-order valence-corrected chi connectivity index (χ4v) is 4.80. The lowest BCUT2D eigenvalue weighted by molar-refractivity contribution is -0.138. The van der Waals surface area contributed by atoms with Crippen molar-refractivity contribution in [3.8, 4) is 11.8 Å². The van der Waals surface area contributed by atoms with E-state index in [2.05, 4.69) is 9.97 Å². The summed E-state index contributed by atoms with van der Waals surface area (Å²) in [4.78, 5) is 24.8. The zero-order valence-electron chi connectivity index (χ0n) is 21.9. The zero-order chi connectivity index (χ0) is 29.9. The average Bonchev–Trinajstić information content (AvgIpc) is 2.98. The van der Waals surface area contributed by atoms with Crippen LogP contribution in [0.25, 0.3) is 0 Å². The monoisotopic (exact) mass is 586 g/mol. The second-order valence-corrected chi connectivity index (χ2v) is 9.63. The van der Waals surface area contributed by atoms with Gasteiger partial charge in [0.25, 0.3) is 5.91 Å². The number of hydrogen-bond acceptors (Lipinski definition) is 5. The summed E-state index contributed by atoms with van der Waals surface area (Å²) in [5, 5.41) is 0. The van der Waals surface area contributed by atoms with E-state index in [1.807, 2.05) is 4.90 Å². The minimum atomic E-state index is -4.52. The van der Waals surface area contributed by atoms with Gasteiger partial charge in [-0.15, -0.1) is 0 Å². The molecule has 0 bridgehead atoms. The first-order chi connectivity index (χ1) is 20.0. The van der Waals surface area contributed by atoms with Gasteiger partial charge < -0.3 is 9.64 Å². The minimum Gasteiger partial charge on any atom is -0.424 e. The highest BCUT2D eigenvalue weighted by molar-refractivity contribution is 5.94. The molecule has 1 aliphatic heterocycles. The predicted octanol–water partition coefficient (Wildman–Crippen LogP) is 6.85. The van der Waals surface area contributed by atoms with Gasteiger partial charge in [-0.1, -0.05) is 24.3 Å². The summed E-state index contributed by atoms with van der Waals surface area (Å²) in [6.45, 7) is 1.33. The van der Waals surface area contributed by atoms with E-state index in [9.17, 15) is 31.1 Å². The summed E-state index contributed by atoms with van der Waals surface area (Å²) in [5.41, 5.74) is -0.200. The molecule has 1 saturated heterocycles. The maximum Gasteiger partial charge on any atom is 0.416 e. The number of piperazine rings is 1. The van der Waals surface area contributed by atoms with Gasteiger partial charge in [-0.05, 0) is 65.7 Å². The van der Waals surface area contributed by atoms with Crippen LogP contribution in [0.4, 0.5) is 26.3 Å². The lowest BCUT2D eigenvalue weighted by atomic mass is 9.94. The van der Waals surface area contributed by atoms with Crippen molar-refractivity contribution >= 4 is 5.91 Å². The van der Waals surface area contributed by atoms with Crippen molar-refractivity contribution in [3.05, 3.63) is 119 Å². The van der Waals surface area contributed by atoms with Crippen molar-refractivity contribution in [3.63, 3.8) is 0 Å². The van der Waals surface area contributed by atoms with Crippen LogP contribution in [0.3, 0.4) is 0 Å². The quantitative estimate of drug-likeness (QED) is 0.231. The topological polar surface area (TPSA) is 58.6 Å². The maximum absolute atomic E-state index is 13.2. The molecule has 1 aliphatic rings. The first-order valence-electron chi connectivity index (χ1n) is 12.9. The molecule has 0 N–H and O–H groups in total.